The van der Waals surface area contributed by atoms with Crippen molar-refractivity contribution < 1.29 is 0 Å². The van der Waals surface area contributed by atoms with Gasteiger partial charge in [0, 0.05) is 11.9 Å². The Bertz CT molecular complexity index is 1310. The Kier molecular flexibility index (Phi) is 4.99. The molecule has 0 atom stereocenters. The summed E-state index contributed by atoms with van der Waals surface area (Å²) in [4.78, 5) is 17.7. The van der Waals surface area contributed by atoms with Crippen LogP contribution in [0.4, 0.5) is 5.69 Å². The molecule has 0 saturated carbocycles. The summed E-state index contributed by atoms with van der Waals surface area (Å²) in [6.45, 7) is 9.89. The van der Waals surface area contributed by atoms with Gasteiger partial charge in [-0.05, 0) is 70.0 Å². The van der Waals surface area contributed by atoms with Crippen LogP contribution in [0.25, 0.3) is 11.4 Å². The second kappa shape index (κ2) is 7.63. The van der Waals surface area contributed by atoms with Crippen LogP contribution >= 0.6 is 0 Å². The number of hydrogen-bond acceptors (Lipinski definition) is 3. The second-order valence-corrected chi connectivity index (χ2v) is 7.58. The standard InChI is InChI=1S/C24H25N5O/c1-15-11-12-21(13-16(15)2)29-24(30)22(17(3)26-29)14-25-23-18(4)27-28(19(23)5)20-9-7-6-8-10-20/h6-14,26H,1-5H3. The van der Waals surface area contributed by atoms with E-state index in [1.165, 1.54) is 5.56 Å². The molecule has 2 aromatic carbocycles. The predicted octanol–water partition coefficient (Wildman–Crippen LogP) is 4.64. The molecule has 0 fully saturated rings. The highest BCUT2D eigenvalue weighted by molar-refractivity contribution is 5.83. The van der Waals surface area contributed by atoms with Crippen LogP contribution in [0.3, 0.4) is 0 Å². The fraction of sp³-hybridized carbons (Fsp3) is 0.208. The largest absolute Gasteiger partial charge is 0.295 e. The smallest absolute Gasteiger partial charge is 0.280 e. The predicted molar refractivity (Wildman–Crippen MR) is 121 cm³/mol. The number of nitrogens with zero attached hydrogens (tertiary/aromatic N) is 4. The summed E-state index contributed by atoms with van der Waals surface area (Å²) < 4.78 is 3.44. The molecule has 0 bridgehead atoms. The molecule has 0 aliphatic rings. The molecule has 6 nitrogen and oxygen atoms in total. The summed E-state index contributed by atoms with van der Waals surface area (Å²) in [5.74, 6) is 0. The number of nitrogens with one attached hydrogen (secondary N) is 1. The molecule has 0 spiro atoms. The van der Waals surface area contributed by atoms with E-state index >= 15 is 0 Å². The van der Waals surface area contributed by atoms with Crippen molar-refractivity contribution in [3.05, 3.63) is 92.7 Å². The van der Waals surface area contributed by atoms with Crippen molar-refractivity contribution in [3.8, 4) is 11.4 Å². The van der Waals surface area contributed by atoms with Crippen LogP contribution in [0.5, 0.6) is 0 Å². The highest BCUT2D eigenvalue weighted by Gasteiger charge is 2.14. The van der Waals surface area contributed by atoms with Gasteiger partial charge in [0.15, 0.2) is 0 Å². The normalized spacial score (nSPS) is 11.5. The molecular weight excluding hydrogens is 374 g/mol. The molecule has 6 heteroatoms. The van der Waals surface area contributed by atoms with Crippen LogP contribution in [0, 0.1) is 34.6 Å². The summed E-state index contributed by atoms with van der Waals surface area (Å²) in [7, 11) is 0. The molecule has 4 rings (SSSR count). The summed E-state index contributed by atoms with van der Waals surface area (Å²) in [6.07, 6.45) is 1.64. The third-order valence-electron chi connectivity index (χ3n) is 5.44. The van der Waals surface area contributed by atoms with Crippen LogP contribution < -0.4 is 5.56 Å². The van der Waals surface area contributed by atoms with Gasteiger partial charge in [-0.3, -0.25) is 14.9 Å². The van der Waals surface area contributed by atoms with E-state index in [2.05, 4.69) is 22.1 Å². The number of hydrogen-bond donors (Lipinski definition) is 1. The third kappa shape index (κ3) is 3.41. The first kappa shape index (κ1) is 19.6. The molecule has 0 aliphatic carbocycles. The SMILES string of the molecule is Cc1ccc(-n2[nH]c(C)c(C=Nc3c(C)nn(-c4ccccc4)c3C)c2=O)cc1C. The van der Waals surface area contributed by atoms with E-state index in [1.807, 2.05) is 80.9 Å². The number of aromatic amines is 1. The number of H-pyrrole nitrogens is 1. The number of aromatic nitrogens is 4. The molecule has 0 radical (unpaired) electrons. The van der Waals surface area contributed by atoms with E-state index in [0.717, 1.165) is 39.7 Å². The minimum atomic E-state index is -0.120. The molecule has 0 saturated heterocycles. The fourth-order valence-corrected chi connectivity index (χ4v) is 3.53. The van der Waals surface area contributed by atoms with Crippen LogP contribution in [0.2, 0.25) is 0 Å². The van der Waals surface area contributed by atoms with Crippen LogP contribution in [-0.2, 0) is 0 Å². The summed E-state index contributed by atoms with van der Waals surface area (Å²) in [6, 6.07) is 15.9. The monoisotopic (exact) mass is 399 g/mol. The molecule has 2 heterocycles. The van der Waals surface area contributed by atoms with Crippen molar-refractivity contribution in [3.63, 3.8) is 0 Å². The Morgan fingerprint density at radius 1 is 0.933 bits per heavy atom. The zero-order valence-electron chi connectivity index (χ0n) is 17.9. The van der Waals surface area contributed by atoms with Crippen molar-refractivity contribution in [2.45, 2.75) is 34.6 Å². The lowest BCUT2D eigenvalue weighted by atomic mass is 10.1. The minimum Gasteiger partial charge on any atom is -0.295 e. The van der Waals surface area contributed by atoms with Gasteiger partial charge in [0.05, 0.1) is 28.3 Å². The first-order valence-corrected chi connectivity index (χ1v) is 9.91. The molecule has 4 aromatic rings. The average molecular weight is 399 g/mol. The lowest BCUT2D eigenvalue weighted by Crippen LogP contribution is -2.17. The second-order valence-electron chi connectivity index (χ2n) is 7.58. The van der Waals surface area contributed by atoms with Gasteiger partial charge in [0.2, 0.25) is 0 Å². The highest BCUT2D eigenvalue weighted by Crippen LogP contribution is 2.25. The van der Waals surface area contributed by atoms with Crippen LogP contribution in [0.15, 0.2) is 58.3 Å². The quantitative estimate of drug-likeness (QED) is 0.508. The Morgan fingerprint density at radius 2 is 1.67 bits per heavy atom. The molecule has 30 heavy (non-hydrogen) atoms. The molecule has 0 aliphatic heterocycles. The first-order valence-electron chi connectivity index (χ1n) is 9.91. The van der Waals surface area contributed by atoms with Crippen molar-refractivity contribution >= 4 is 11.9 Å². The number of rotatable bonds is 4. The van der Waals surface area contributed by atoms with Gasteiger partial charge in [-0.25, -0.2) is 9.36 Å². The average Bonchev–Trinajstić information content (AvgIpc) is 3.18. The van der Waals surface area contributed by atoms with E-state index in [9.17, 15) is 4.79 Å². The zero-order chi connectivity index (χ0) is 21.4. The van der Waals surface area contributed by atoms with Crippen LogP contribution in [0.1, 0.15) is 33.8 Å². The van der Waals surface area contributed by atoms with Gasteiger partial charge in [-0.2, -0.15) is 5.10 Å². The Labute approximate surface area is 175 Å². The zero-order valence-corrected chi connectivity index (χ0v) is 17.9. The number of aliphatic imine (C=N–C) groups is 1. The Hall–Kier alpha value is -3.67. The fourth-order valence-electron chi connectivity index (χ4n) is 3.53. The molecule has 152 valence electrons. The van der Waals surface area contributed by atoms with Crippen LogP contribution in [-0.4, -0.2) is 25.8 Å². The van der Waals surface area contributed by atoms with Gasteiger partial charge in [0.1, 0.15) is 5.69 Å². The molecular formula is C24H25N5O. The van der Waals surface area contributed by atoms with Gasteiger partial charge in [0.25, 0.3) is 5.56 Å². The van der Waals surface area contributed by atoms with Crippen molar-refractivity contribution in [1.29, 1.82) is 0 Å². The van der Waals surface area contributed by atoms with Gasteiger partial charge < -0.3 is 0 Å². The van der Waals surface area contributed by atoms with Crippen molar-refractivity contribution in [2.75, 3.05) is 0 Å². The van der Waals surface area contributed by atoms with E-state index in [0.29, 0.717) is 5.56 Å². The van der Waals surface area contributed by atoms with Crippen molar-refractivity contribution in [2.24, 2.45) is 4.99 Å². The van der Waals surface area contributed by atoms with E-state index < -0.39 is 0 Å². The van der Waals surface area contributed by atoms with Crippen molar-refractivity contribution in [1.82, 2.24) is 19.6 Å². The maximum Gasteiger partial charge on any atom is 0.280 e. The minimum absolute atomic E-state index is 0.120. The van der Waals surface area contributed by atoms with E-state index in [4.69, 9.17) is 0 Å². The number of para-hydroxylation sites is 1. The number of benzene rings is 2. The topological polar surface area (TPSA) is 68.0 Å². The summed E-state index contributed by atoms with van der Waals surface area (Å²) in [5.41, 5.74) is 7.84. The molecule has 1 N–H and O–H groups in total. The summed E-state index contributed by atoms with van der Waals surface area (Å²) >= 11 is 0. The maximum absolute atomic E-state index is 13.0. The lowest BCUT2D eigenvalue weighted by molar-refractivity contribution is 0.833. The lowest BCUT2D eigenvalue weighted by Gasteiger charge is -2.05. The first-order chi connectivity index (χ1) is 14.4. The maximum atomic E-state index is 13.0. The summed E-state index contributed by atoms with van der Waals surface area (Å²) in [5, 5.41) is 7.78. The van der Waals surface area contributed by atoms with Gasteiger partial charge in [-0.1, -0.05) is 24.3 Å². The Morgan fingerprint density at radius 3 is 2.37 bits per heavy atom. The molecule has 0 unspecified atom stereocenters. The highest BCUT2D eigenvalue weighted by atomic mass is 16.1. The molecule has 2 aromatic heterocycles. The van der Waals surface area contributed by atoms with Gasteiger partial charge >= 0.3 is 0 Å². The van der Waals surface area contributed by atoms with E-state index in [1.54, 1.807) is 10.9 Å². The van der Waals surface area contributed by atoms with Gasteiger partial charge in [-0.15, -0.1) is 0 Å². The third-order valence-corrected chi connectivity index (χ3v) is 5.44. The Balaban J connectivity index is 1.72. The van der Waals surface area contributed by atoms with E-state index in [-0.39, 0.29) is 5.56 Å². The number of aryl methyl sites for hydroxylation is 4. The molecule has 0 amide bonds.